The highest BCUT2D eigenvalue weighted by Gasteiger charge is 2.25. The van der Waals surface area contributed by atoms with Gasteiger partial charge in [-0.25, -0.2) is 4.79 Å². The third-order valence-electron chi connectivity index (χ3n) is 6.17. The van der Waals surface area contributed by atoms with E-state index >= 15 is 0 Å². The van der Waals surface area contributed by atoms with Crippen LogP contribution in [0.4, 0.5) is 0 Å². The van der Waals surface area contributed by atoms with Crippen LogP contribution >= 0.6 is 0 Å². The Bertz CT molecular complexity index is 805. The van der Waals surface area contributed by atoms with Gasteiger partial charge in [0.05, 0.1) is 5.69 Å². The molecule has 0 bridgehead atoms. The van der Waals surface area contributed by atoms with E-state index in [0.29, 0.717) is 5.92 Å². The Labute approximate surface area is 162 Å². The van der Waals surface area contributed by atoms with E-state index in [9.17, 15) is 4.79 Å². The summed E-state index contributed by atoms with van der Waals surface area (Å²) in [5.41, 5.74) is 4.64. The van der Waals surface area contributed by atoms with Crippen LogP contribution in [0, 0.1) is 5.92 Å². The summed E-state index contributed by atoms with van der Waals surface area (Å²) in [4.78, 5) is 17.6. The average Bonchev–Trinajstić information content (AvgIpc) is 3.50. The Balaban J connectivity index is 1.78. The molecule has 0 unspecified atom stereocenters. The summed E-state index contributed by atoms with van der Waals surface area (Å²) < 4.78 is 2.05. The van der Waals surface area contributed by atoms with Gasteiger partial charge in [0, 0.05) is 17.8 Å². The van der Waals surface area contributed by atoms with Gasteiger partial charge in [-0.1, -0.05) is 68.9 Å². The molecule has 0 aliphatic heterocycles. The Morgan fingerprint density at radius 1 is 0.852 bits per heavy atom. The molecule has 0 atom stereocenters. The van der Waals surface area contributed by atoms with Crippen molar-refractivity contribution in [2.45, 2.75) is 83.6 Å². The molecular weight excluding hydrogens is 332 g/mol. The van der Waals surface area contributed by atoms with Gasteiger partial charge in [0.15, 0.2) is 0 Å². The molecule has 3 nitrogen and oxygen atoms in total. The molecule has 0 radical (unpaired) electrons. The molecule has 4 rings (SSSR count). The van der Waals surface area contributed by atoms with Gasteiger partial charge in [-0.05, 0) is 50.0 Å². The molecule has 2 aromatic rings. The maximum Gasteiger partial charge on any atom is 0.348 e. The summed E-state index contributed by atoms with van der Waals surface area (Å²) in [6, 6.07) is 10.3. The van der Waals surface area contributed by atoms with E-state index < -0.39 is 0 Å². The fourth-order valence-electron chi connectivity index (χ4n) is 4.42. The summed E-state index contributed by atoms with van der Waals surface area (Å²) in [5, 5.41) is 0. The number of aromatic nitrogens is 2. The molecule has 2 aliphatic carbocycles. The van der Waals surface area contributed by atoms with Crippen molar-refractivity contribution < 1.29 is 0 Å². The SMILES string of the molecule is O=c1nc(-c2ccccc2)c2c(n1CC1CC1)CCCCCCCCCC2. The first-order valence-electron chi connectivity index (χ1n) is 11.0. The number of rotatable bonds is 3. The van der Waals surface area contributed by atoms with Crippen molar-refractivity contribution in [1.82, 2.24) is 9.55 Å². The van der Waals surface area contributed by atoms with Crippen LogP contribution in [0.2, 0.25) is 0 Å². The van der Waals surface area contributed by atoms with Gasteiger partial charge >= 0.3 is 5.69 Å². The molecule has 144 valence electrons. The summed E-state index contributed by atoms with van der Waals surface area (Å²) in [7, 11) is 0. The van der Waals surface area contributed by atoms with Gasteiger partial charge in [0.1, 0.15) is 0 Å². The fourth-order valence-corrected chi connectivity index (χ4v) is 4.42. The maximum atomic E-state index is 13.0. The van der Waals surface area contributed by atoms with Gasteiger partial charge < -0.3 is 0 Å². The zero-order chi connectivity index (χ0) is 18.5. The van der Waals surface area contributed by atoms with Crippen LogP contribution in [0.25, 0.3) is 11.3 Å². The quantitative estimate of drug-likeness (QED) is 0.717. The van der Waals surface area contributed by atoms with Crippen molar-refractivity contribution in [1.29, 1.82) is 0 Å². The molecular formula is C24H32N2O. The number of hydrogen-bond donors (Lipinski definition) is 0. The highest BCUT2D eigenvalue weighted by molar-refractivity contribution is 5.63. The number of benzene rings is 1. The van der Waals surface area contributed by atoms with Crippen molar-refractivity contribution in [2.24, 2.45) is 5.92 Å². The molecule has 0 saturated heterocycles. The van der Waals surface area contributed by atoms with Crippen LogP contribution in [0.3, 0.4) is 0 Å². The lowest BCUT2D eigenvalue weighted by atomic mass is 9.94. The summed E-state index contributed by atoms with van der Waals surface area (Å²) >= 11 is 0. The van der Waals surface area contributed by atoms with Crippen molar-refractivity contribution in [3.8, 4) is 11.3 Å². The second-order valence-electron chi connectivity index (χ2n) is 8.42. The van der Waals surface area contributed by atoms with Crippen molar-refractivity contribution in [3.63, 3.8) is 0 Å². The highest BCUT2D eigenvalue weighted by Crippen LogP contribution is 2.32. The van der Waals surface area contributed by atoms with E-state index in [1.54, 1.807) is 0 Å². The van der Waals surface area contributed by atoms with Gasteiger partial charge in [-0.2, -0.15) is 4.98 Å². The Kier molecular flexibility index (Phi) is 6.06. The Morgan fingerprint density at radius 3 is 2.15 bits per heavy atom. The first kappa shape index (κ1) is 18.5. The molecule has 1 fully saturated rings. The molecule has 1 saturated carbocycles. The van der Waals surface area contributed by atoms with Gasteiger partial charge in [0.2, 0.25) is 0 Å². The average molecular weight is 365 g/mol. The molecule has 3 heteroatoms. The monoisotopic (exact) mass is 364 g/mol. The van der Waals surface area contributed by atoms with E-state index in [4.69, 9.17) is 0 Å². The lowest BCUT2D eigenvalue weighted by Gasteiger charge is -2.20. The van der Waals surface area contributed by atoms with Crippen LogP contribution in [-0.4, -0.2) is 9.55 Å². The van der Waals surface area contributed by atoms with Gasteiger partial charge in [0.25, 0.3) is 0 Å². The van der Waals surface area contributed by atoms with Gasteiger partial charge in [-0.15, -0.1) is 0 Å². The molecule has 2 aliphatic rings. The lowest BCUT2D eigenvalue weighted by molar-refractivity contribution is 0.521. The first-order chi connectivity index (χ1) is 13.3. The Morgan fingerprint density at radius 2 is 1.48 bits per heavy atom. The summed E-state index contributed by atoms with van der Waals surface area (Å²) in [6.07, 6.45) is 15.0. The zero-order valence-corrected chi connectivity index (χ0v) is 16.5. The van der Waals surface area contributed by atoms with Crippen molar-refractivity contribution >= 4 is 0 Å². The lowest BCUT2D eigenvalue weighted by Crippen LogP contribution is -2.29. The van der Waals surface area contributed by atoms with E-state index in [2.05, 4.69) is 29.2 Å². The highest BCUT2D eigenvalue weighted by atomic mass is 16.1. The van der Waals surface area contributed by atoms with Crippen LogP contribution in [0.1, 0.15) is 75.5 Å². The van der Waals surface area contributed by atoms with E-state index in [0.717, 1.165) is 30.6 Å². The topological polar surface area (TPSA) is 34.9 Å². The molecule has 1 aromatic heterocycles. The van der Waals surface area contributed by atoms with Crippen LogP contribution in [0.15, 0.2) is 35.1 Å². The minimum Gasteiger partial charge on any atom is -0.296 e. The number of nitrogens with zero attached hydrogens (tertiary/aromatic N) is 2. The molecule has 1 heterocycles. The van der Waals surface area contributed by atoms with Crippen molar-refractivity contribution in [2.75, 3.05) is 0 Å². The van der Waals surface area contributed by atoms with Gasteiger partial charge in [-0.3, -0.25) is 4.57 Å². The molecule has 0 N–H and O–H groups in total. The summed E-state index contributed by atoms with van der Waals surface area (Å²) in [6.45, 7) is 0.878. The Hall–Kier alpha value is -1.90. The largest absolute Gasteiger partial charge is 0.348 e. The van der Waals surface area contributed by atoms with E-state index in [-0.39, 0.29) is 5.69 Å². The predicted molar refractivity (Wildman–Crippen MR) is 111 cm³/mol. The second-order valence-corrected chi connectivity index (χ2v) is 8.42. The van der Waals surface area contributed by atoms with Crippen LogP contribution in [0.5, 0.6) is 0 Å². The van der Waals surface area contributed by atoms with Crippen LogP contribution < -0.4 is 5.69 Å². The normalized spacial score (nSPS) is 19.0. The van der Waals surface area contributed by atoms with Crippen molar-refractivity contribution in [3.05, 3.63) is 52.1 Å². The number of hydrogen-bond acceptors (Lipinski definition) is 2. The molecule has 0 amide bonds. The summed E-state index contributed by atoms with van der Waals surface area (Å²) in [5.74, 6) is 0.692. The minimum atomic E-state index is -0.0356. The second kappa shape index (κ2) is 8.86. The third-order valence-corrected chi connectivity index (χ3v) is 6.17. The molecule has 1 aromatic carbocycles. The zero-order valence-electron chi connectivity index (χ0n) is 16.5. The minimum absolute atomic E-state index is 0.0356. The standard InChI is InChI=1S/C24H32N2O/c27-24-25-23(20-12-8-7-9-13-20)21-14-10-5-3-1-2-4-6-11-15-22(21)26(24)18-19-16-17-19/h7-9,12-13,19H,1-6,10-11,14-18H2. The third kappa shape index (κ3) is 4.69. The van der Waals surface area contributed by atoms with E-state index in [1.165, 1.54) is 75.5 Å². The predicted octanol–water partition coefficient (Wildman–Crippen LogP) is 5.54. The first-order valence-corrected chi connectivity index (χ1v) is 11.0. The molecule has 27 heavy (non-hydrogen) atoms. The molecule has 0 spiro atoms. The van der Waals surface area contributed by atoms with Crippen LogP contribution in [-0.2, 0) is 19.4 Å². The number of fused-ring (bicyclic) bond motifs is 1. The van der Waals surface area contributed by atoms with E-state index in [1.807, 2.05) is 10.6 Å². The smallest absolute Gasteiger partial charge is 0.296 e. The maximum absolute atomic E-state index is 13.0. The fraction of sp³-hybridized carbons (Fsp3) is 0.583.